The monoisotopic (exact) mass is 508 g/mol. The zero-order chi connectivity index (χ0) is 26.3. The van der Waals surface area contributed by atoms with Gasteiger partial charge in [0.05, 0.1) is 5.52 Å². The van der Waals surface area contributed by atoms with Gasteiger partial charge in [-0.05, 0) is 58.1 Å². The highest BCUT2D eigenvalue weighted by molar-refractivity contribution is 6.13. The molecule has 0 fully saturated rings. The fourth-order valence-corrected chi connectivity index (χ4v) is 5.84. The quantitative estimate of drug-likeness (QED) is 0.227. The van der Waals surface area contributed by atoms with Crippen LogP contribution in [0.3, 0.4) is 0 Å². The van der Waals surface area contributed by atoms with E-state index in [-0.39, 0.29) is 5.41 Å². The minimum absolute atomic E-state index is 0.00123. The Balaban J connectivity index is 1.31. The molecule has 8 rings (SSSR count). The highest BCUT2D eigenvalue weighted by Gasteiger charge is 2.21. The maximum absolute atomic E-state index is 6.44. The second kappa shape index (κ2) is 7.74. The number of fused-ring (bicyclic) bond motifs is 12. The Labute approximate surface area is 223 Å². The van der Waals surface area contributed by atoms with E-state index in [4.69, 9.17) is 9.72 Å². The number of para-hydroxylation sites is 1. The molecular formula is C32H24N6O. The third kappa shape index (κ3) is 3.16. The number of hydrogen-bond acceptors (Lipinski definition) is 5. The van der Waals surface area contributed by atoms with Gasteiger partial charge in [-0.3, -0.25) is 8.80 Å². The number of hydrogen-bond donors (Lipinski definition) is 0. The number of benzene rings is 3. The van der Waals surface area contributed by atoms with E-state index in [1.54, 1.807) is 12.5 Å². The van der Waals surface area contributed by atoms with Crippen LogP contribution in [0.4, 0.5) is 0 Å². The predicted octanol–water partition coefficient (Wildman–Crippen LogP) is 7.47. The van der Waals surface area contributed by atoms with Crippen molar-refractivity contribution in [3.05, 3.63) is 97.5 Å². The Bertz CT molecular complexity index is 2250. The second-order valence-electron chi connectivity index (χ2n) is 11.0. The molecule has 0 amide bonds. The van der Waals surface area contributed by atoms with Crippen LogP contribution in [-0.4, -0.2) is 28.7 Å². The van der Waals surface area contributed by atoms with Gasteiger partial charge in [-0.25, -0.2) is 19.9 Å². The first-order valence-corrected chi connectivity index (χ1v) is 13.0. The number of ether oxygens (including phenoxy) is 1. The average molecular weight is 509 g/mol. The van der Waals surface area contributed by atoms with Gasteiger partial charge in [0, 0.05) is 52.5 Å². The molecule has 0 saturated carbocycles. The molecule has 0 unspecified atom stereocenters. The van der Waals surface area contributed by atoms with E-state index < -0.39 is 0 Å². The standard InChI is InChI=1S/C32H24N6O/c1-32(2,3)27-6-4-5-23-21-9-7-19(15-24(21)29-34-11-13-37(29)28(23)27)39-20-8-10-22-25(16-20)30-35-12-14-38(30)31-26(22)17-33-18-36-31/h4-18H,1-3H3. The third-order valence-corrected chi connectivity index (χ3v) is 7.57. The van der Waals surface area contributed by atoms with Crippen molar-refractivity contribution in [1.29, 1.82) is 0 Å². The largest absolute Gasteiger partial charge is 0.457 e. The summed E-state index contributed by atoms with van der Waals surface area (Å²) >= 11 is 0. The topological polar surface area (TPSA) is 69.6 Å². The maximum Gasteiger partial charge on any atom is 0.149 e. The third-order valence-electron chi connectivity index (χ3n) is 7.57. The summed E-state index contributed by atoms with van der Waals surface area (Å²) < 4.78 is 10.6. The lowest BCUT2D eigenvalue weighted by Gasteiger charge is -2.23. The van der Waals surface area contributed by atoms with Crippen molar-refractivity contribution in [3.63, 3.8) is 0 Å². The molecular weight excluding hydrogens is 484 g/mol. The van der Waals surface area contributed by atoms with Gasteiger partial charge < -0.3 is 4.74 Å². The fourth-order valence-electron chi connectivity index (χ4n) is 5.84. The van der Waals surface area contributed by atoms with E-state index in [1.807, 2.05) is 47.4 Å². The van der Waals surface area contributed by atoms with Crippen LogP contribution in [0, 0.1) is 0 Å². The highest BCUT2D eigenvalue weighted by Crippen LogP contribution is 2.38. The van der Waals surface area contributed by atoms with Crippen molar-refractivity contribution in [2.24, 2.45) is 0 Å². The summed E-state index contributed by atoms with van der Waals surface area (Å²) in [6.45, 7) is 6.76. The van der Waals surface area contributed by atoms with E-state index in [2.05, 4.69) is 76.5 Å². The summed E-state index contributed by atoms with van der Waals surface area (Å²) in [6, 6.07) is 18.9. The van der Waals surface area contributed by atoms with E-state index in [1.165, 1.54) is 16.5 Å². The van der Waals surface area contributed by atoms with Crippen LogP contribution in [0.5, 0.6) is 11.5 Å². The zero-order valence-electron chi connectivity index (χ0n) is 21.8. The van der Waals surface area contributed by atoms with Crippen LogP contribution in [0.25, 0.3) is 54.8 Å². The minimum Gasteiger partial charge on any atom is -0.457 e. The highest BCUT2D eigenvalue weighted by atomic mass is 16.5. The SMILES string of the molecule is CC(C)(C)c1cccc2c3ccc(Oc4ccc5c6cncnc6n6ccnc6c5c4)cc3c3nccn3c12. The molecule has 0 radical (unpaired) electrons. The molecule has 188 valence electrons. The van der Waals surface area contributed by atoms with Gasteiger partial charge >= 0.3 is 0 Å². The number of aromatic nitrogens is 6. The average Bonchev–Trinajstić information content (AvgIpc) is 3.63. The number of rotatable bonds is 2. The van der Waals surface area contributed by atoms with Gasteiger partial charge in [0.2, 0.25) is 0 Å². The Hall–Kier alpha value is -5.04. The van der Waals surface area contributed by atoms with Crippen molar-refractivity contribution in [3.8, 4) is 11.5 Å². The molecule has 7 nitrogen and oxygen atoms in total. The van der Waals surface area contributed by atoms with Gasteiger partial charge in [-0.1, -0.05) is 39.0 Å². The molecule has 5 aromatic heterocycles. The van der Waals surface area contributed by atoms with Crippen molar-refractivity contribution in [2.45, 2.75) is 26.2 Å². The van der Waals surface area contributed by atoms with Gasteiger partial charge in [0.1, 0.15) is 34.8 Å². The molecule has 0 saturated heterocycles. The van der Waals surface area contributed by atoms with Gasteiger partial charge in [-0.2, -0.15) is 0 Å². The number of imidazole rings is 2. The fraction of sp³-hybridized carbons (Fsp3) is 0.125. The molecule has 0 spiro atoms. The lowest BCUT2D eigenvalue weighted by atomic mass is 9.85. The molecule has 8 aromatic rings. The van der Waals surface area contributed by atoms with E-state index in [0.29, 0.717) is 0 Å². The summed E-state index contributed by atoms with van der Waals surface area (Å²) in [5.74, 6) is 1.49. The molecule has 0 aliphatic heterocycles. The minimum atomic E-state index is 0.00123. The zero-order valence-corrected chi connectivity index (χ0v) is 21.8. The Morgan fingerprint density at radius 2 is 1.28 bits per heavy atom. The van der Waals surface area contributed by atoms with E-state index in [0.717, 1.165) is 55.4 Å². The predicted molar refractivity (Wildman–Crippen MR) is 155 cm³/mol. The lowest BCUT2D eigenvalue weighted by Crippen LogP contribution is -2.13. The van der Waals surface area contributed by atoms with Gasteiger partial charge in [0.25, 0.3) is 0 Å². The van der Waals surface area contributed by atoms with Gasteiger partial charge in [-0.15, -0.1) is 0 Å². The summed E-state index contributed by atoms with van der Waals surface area (Å²) in [4.78, 5) is 18.1. The summed E-state index contributed by atoms with van der Waals surface area (Å²) in [7, 11) is 0. The van der Waals surface area contributed by atoms with E-state index in [9.17, 15) is 0 Å². The molecule has 3 aromatic carbocycles. The molecule has 0 atom stereocenters. The first kappa shape index (κ1) is 22.0. The smallest absolute Gasteiger partial charge is 0.149 e. The molecule has 0 aliphatic carbocycles. The van der Waals surface area contributed by atoms with Crippen LogP contribution >= 0.6 is 0 Å². The molecule has 39 heavy (non-hydrogen) atoms. The molecule has 5 heterocycles. The maximum atomic E-state index is 6.44. The molecule has 0 bridgehead atoms. The summed E-state index contributed by atoms with van der Waals surface area (Å²) in [6.07, 6.45) is 11.0. The van der Waals surface area contributed by atoms with Crippen molar-refractivity contribution >= 4 is 54.8 Å². The first-order chi connectivity index (χ1) is 19.0. The van der Waals surface area contributed by atoms with Crippen LogP contribution < -0.4 is 4.74 Å². The first-order valence-electron chi connectivity index (χ1n) is 13.0. The van der Waals surface area contributed by atoms with Crippen LogP contribution in [0.15, 0.2) is 91.9 Å². The molecule has 0 N–H and O–H groups in total. The van der Waals surface area contributed by atoms with Crippen molar-refractivity contribution < 1.29 is 4.74 Å². The molecule has 7 heteroatoms. The van der Waals surface area contributed by atoms with Crippen LogP contribution in [-0.2, 0) is 5.41 Å². The van der Waals surface area contributed by atoms with Crippen LogP contribution in [0.2, 0.25) is 0 Å². The lowest BCUT2D eigenvalue weighted by molar-refractivity contribution is 0.484. The Kier molecular flexibility index (Phi) is 4.36. The molecule has 0 aliphatic rings. The normalized spacial score (nSPS) is 12.5. The van der Waals surface area contributed by atoms with Crippen LogP contribution in [0.1, 0.15) is 26.3 Å². The van der Waals surface area contributed by atoms with Crippen molar-refractivity contribution in [1.82, 2.24) is 28.7 Å². The van der Waals surface area contributed by atoms with Crippen molar-refractivity contribution in [2.75, 3.05) is 0 Å². The Morgan fingerprint density at radius 1 is 0.641 bits per heavy atom. The van der Waals surface area contributed by atoms with Gasteiger partial charge in [0.15, 0.2) is 0 Å². The summed E-state index contributed by atoms with van der Waals surface area (Å²) in [5.41, 5.74) is 5.09. The van der Waals surface area contributed by atoms with E-state index >= 15 is 0 Å². The second-order valence-corrected chi connectivity index (χ2v) is 11.0. The Morgan fingerprint density at radius 3 is 2.00 bits per heavy atom. The number of pyridine rings is 2. The summed E-state index contributed by atoms with van der Waals surface area (Å²) in [5, 5.41) is 6.41. The number of nitrogens with zero attached hydrogens (tertiary/aromatic N) is 6.